The smallest absolute Gasteiger partial charge is 0.305 e. The lowest BCUT2D eigenvalue weighted by Crippen LogP contribution is -2.15. The highest BCUT2D eigenvalue weighted by Crippen LogP contribution is 2.46. The summed E-state index contributed by atoms with van der Waals surface area (Å²) in [6, 6.07) is 8.07. The third-order valence-electron chi connectivity index (χ3n) is 4.54. The third kappa shape index (κ3) is 4.43. The van der Waals surface area contributed by atoms with Crippen molar-refractivity contribution in [2.24, 2.45) is 5.92 Å². The van der Waals surface area contributed by atoms with Gasteiger partial charge in [-0.2, -0.15) is 0 Å². The second kappa shape index (κ2) is 8.85. The molecule has 0 heterocycles. The lowest BCUT2D eigenvalue weighted by molar-refractivity contribution is -0.140. The average molecular weight is 318 g/mol. The monoisotopic (exact) mass is 318 g/mol. The van der Waals surface area contributed by atoms with E-state index in [0.29, 0.717) is 13.0 Å². The number of methoxy groups -OCH3 is 2. The van der Waals surface area contributed by atoms with Crippen LogP contribution >= 0.6 is 0 Å². The molecular weight excluding hydrogens is 292 g/mol. The van der Waals surface area contributed by atoms with Gasteiger partial charge in [0.2, 0.25) is 0 Å². The third-order valence-corrected chi connectivity index (χ3v) is 4.54. The Bertz CT molecular complexity index is 538. The molecule has 1 aromatic rings. The molecule has 1 aromatic carbocycles. The van der Waals surface area contributed by atoms with E-state index in [1.807, 2.05) is 18.2 Å². The number of hydrogen-bond donors (Lipinski definition) is 1. The quantitative estimate of drug-likeness (QED) is 0.453. The van der Waals surface area contributed by atoms with Crippen molar-refractivity contribution in [1.82, 2.24) is 0 Å². The van der Waals surface area contributed by atoms with Crippen molar-refractivity contribution < 1.29 is 19.4 Å². The normalized spacial score (nSPS) is 23.2. The van der Waals surface area contributed by atoms with E-state index in [9.17, 15) is 9.90 Å². The summed E-state index contributed by atoms with van der Waals surface area (Å²) in [6.45, 7) is 0.620. The van der Waals surface area contributed by atoms with E-state index in [1.54, 1.807) is 7.11 Å². The topological polar surface area (TPSA) is 55.8 Å². The van der Waals surface area contributed by atoms with Gasteiger partial charge in [0.25, 0.3) is 0 Å². The lowest BCUT2D eigenvalue weighted by Gasteiger charge is -2.20. The average Bonchev–Trinajstić information content (AvgIpc) is 2.84. The summed E-state index contributed by atoms with van der Waals surface area (Å²) in [5.41, 5.74) is 2.23. The summed E-state index contributed by atoms with van der Waals surface area (Å²) >= 11 is 0. The van der Waals surface area contributed by atoms with Crippen molar-refractivity contribution in [2.45, 2.75) is 37.7 Å². The van der Waals surface area contributed by atoms with Crippen LogP contribution in [0.3, 0.4) is 0 Å². The number of fused-ring (bicyclic) bond motifs is 1. The molecule has 0 aliphatic heterocycles. The number of rotatable bonds is 8. The molecule has 0 aromatic heterocycles. The molecule has 3 atom stereocenters. The van der Waals surface area contributed by atoms with Crippen molar-refractivity contribution in [2.75, 3.05) is 20.8 Å². The Labute approximate surface area is 138 Å². The van der Waals surface area contributed by atoms with Crippen LogP contribution in [0.15, 0.2) is 36.4 Å². The lowest BCUT2D eigenvalue weighted by atomic mass is 9.89. The van der Waals surface area contributed by atoms with E-state index in [-0.39, 0.29) is 17.8 Å². The van der Waals surface area contributed by atoms with E-state index < -0.39 is 6.10 Å². The number of aliphatic hydroxyl groups is 1. The van der Waals surface area contributed by atoms with Gasteiger partial charge >= 0.3 is 5.97 Å². The number of ether oxygens (including phenoxy) is 2. The van der Waals surface area contributed by atoms with Crippen molar-refractivity contribution in [3.63, 3.8) is 0 Å². The summed E-state index contributed by atoms with van der Waals surface area (Å²) in [6.07, 6.45) is 6.65. The first kappa shape index (κ1) is 17.7. The largest absolute Gasteiger partial charge is 0.469 e. The van der Waals surface area contributed by atoms with Gasteiger partial charge in [0.15, 0.2) is 0 Å². The fraction of sp³-hybridized carbons (Fsp3) is 0.526. The zero-order valence-corrected chi connectivity index (χ0v) is 13.9. The highest BCUT2D eigenvalue weighted by atomic mass is 16.5. The van der Waals surface area contributed by atoms with Crippen LogP contribution < -0.4 is 0 Å². The number of hydrogen-bond acceptors (Lipinski definition) is 4. The molecule has 4 heteroatoms. The molecule has 2 rings (SSSR count). The second-order valence-electron chi connectivity index (χ2n) is 5.97. The Morgan fingerprint density at radius 1 is 1.22 bits per heavy atom. The molecule has 4 nitrogen and oxygen atoms in total. The minimum Gasteiger partial charge on any atom is -0.469 e. The molecule has 0 saturated heterocycles. The standard InChI is InChI=1S/C19H26O4/c1-22-13-17-14-9-7-8-11-15(14)19(21)16(17)10-5-3-4-6-12-18(20)23-2/h3,5,7-9,11,16-17,19,21H,4,6,10,12-13H2,1-2H3/b5-3-. The molecular formula is C19H26O4. The number of unbranched alkanes of at least 4 members (excludes halogenated alkanes) is 1. The Morgan fingerprint density at radius 3 is 2.65 bits per heavy atom. The Morgan fingerprint density at radius 2 is 1.96 bits per heavy atom. The van der Waals surface area contributed by atoms with Crippen LogP contribution in [0.1, 0.15) is 48.8 Å². The highest BCUT2D eigenvalue weighted by Gasteiger charge is 2.38. The first-order chi connectivity index (χ1) is 11.2. The second-order valence-corrected chi connectivity index (χ2v) is 5.97. The maximum absolute atomic E-state index is 11.0. The number of benzene rings is 1. The van der Waals surface area contributed by atoms with Crippen molar-refractivity contribution in [1.29, 1.82) is 0 Å². The molecule has 3 unspecified atom stereocenters. The summed E-state index contributed by atoms with van der Waals surface area (Å²) in [5.74, 6) is 0.204. The van der Waals surface area contributed by atoms with Crippen LogP contribution in [0.2, 0.25) is 0 Å². The first-order valence-corrected chi connectivity index (χ1v) is 8.16. The van der Waals surface area contributed by atoms with E-state index in [0.717, 1.165) is 24.8 Å². The summed E-state index contributed by atoms with van der Waals surface area (Å²) in [7, 11) is 3.11. The van der Waals surface area contributed by atoms with Gasteiger partial charge in [-0.05, 0) is 30.4 Å². The van der Waals surface area contributed by atoms with Gasteiger partial charge in [-0.15, -0.1) is 0 Å². The molecule has 23 heavy (non-hydrogen) atoms. The predicted octanol–water partition coefficient (Wildman–Crippen LogP) is 3.37. The summed E-state index contributed by atoms with van der Waals surface area (Å²) < 4.78 is 9.98. The van der Waals surface area contributed by atoms with Gasteiger partial charge in [0.1, 0.15) is 0 Å². The van der Waals surface area contributed by atoms with Crippen LogP contribution in [-0.2, 0) is 14.3 Å². The van der Waals surface area contributed by atoms with Gasteiger partial charge in [-0.1, -0.05) is 36.4 Å². The number of allylic oxidation sites excluding steroid dienone is 2. The maximum Gasteiger partial charge on any atom is 0.305 e. The number of esters is 1. The maximum atomic E-state index is 11.0. The van der Waals surface area contributed by atoms with Gasteiger partial charge in [0.05, 0.1) is 19.8 Å². The van der Waals surface area contributed by atoms with Crippen LogP contribution in [0.4, 0.5) is 0 Å². The minimum absolute atomic E-state index is 0.143. The van der Waals surface area contributed by atoms with Crippen LogP contribution in [0.25, 0.3) is 0 Å². The Kier molecular flexibility index (Phi) is 6.81. The Balaban J connectivity index is 1.90. The summed E-state index contributed by atoms with van der Waals surface area (Å²) in [4.78, 5) is 11.0. The van der Waals surface area contributed by atoms with Gasteiger partial charge < -0.3 is 14.6 Å². The molecule has 0 fully saturated rings. The molecule has 0 amide bonds. The first-order valence-electron chi connectivity index (χ1n) is 8.16. The van der Waals surface area contributed by atoms with Crippen molar-refractivity contribution in [3.8, 4) is 0 Å². The molecule has 1 aliphatic rings. The van der Waals surface area contributed by atoms with Gasteiger partial charge in [0, 0.05) is 25.4 Å². The number of aliphatic hydroxyl groups excluding tert-OH is 1. The summed E-state index contributed by atoms with van der Waals surface area (Å²) in [5, 5.41) is 10.6. The van der Waals surface area contributed by atoms with E-state index >= 15 is 0 Å². The molecule has 1 N–H and O–H groups in total. The van der Waals surface area contributed by atoms with Gasteiger partial charge in [-0.25, -0.2) is 0 Å². The molecule has 0 saturated carbocycles. The van der Waals surface area contributed by atoms with E-state index in [4.69, 9.17) is 4.74 Å². The molecule has 126 valence electrons. The fourth-order valence-electron chi connectivity index (χ4n) is 3.32. The van der Waals surface area contributed by atoms with Crippen LogP contribution in [0, 0.1) is 5.92 Å². The number of carbonyl (C=O) groups excluding carboxylic acids is 1. The van der Waals surface area contributed by atoms with Crippen LogP contribution in [0.5, 0.6) is 0 Å². The number of carbonyl (C=O) groups is 1. The van der Waals surface area contributed by atoms with Crippen molar-refractivity contribution in [3.05, 3.63) is 47.5 Å². The molecule has 1 aliphatic carbocycles. The van der Waals surface area contributed by atoms with E-state index in [2.05, 4.69) is 23.0 Å². The minimum atomic E-state index is -0.439. The Hall–Kier alpha value is -1.65. The predicted molar refractivity (Wildman–Crippen MR) is 89.1 cm³/mol. The molecule has 0 radical (unpaired) electrons. The highest BCUT2D eigenvalue weighted by molar-refractivity contribution is 5.69. The SMILES string of the molecule is COCC1c2ccccc2C(O)C1C/C=C\CCCC(=O)OC. The molecule has 0 bridgehead atoms. The van der Waals surface area contributed by atoms with E-state index in [1.165, 1.54) is 12.7 Å². The fourth-order valence-corrected chi connectivity index (χ4v) is 3.32. The zero-order chi connectivity index (χ0) is 16.7. The van der Waals surface area contributed by atoms with Crippen molar-refractivity contribution >= 4 is 5.97 Å². The zero-order valence-electron chi connectivity index (χ0n) is 13.9. The van der Waals surface area contributed by atoms with Crippen LogP contribution in [-0.4, -0.2) is 31.9 Å². The molecule has 0 spiro atoms. The van der Waals surface area contributed by atoms with Gasteiger partial charge in [-0.3, -0.25) is 4.79 Å².